The van der Waals surface area contributed by atoms with Crippen LogP contribution in [0.25, 0.3) is 22.2 Å². The quantitative estimate of drug-likeness (QED) is 0.768. The standard InChI is InChI=1S/C17H18N2.ClH/c1-18-11-12-19-16-10-6-5-9-15(16)13-17(19)14-7-3-2-4-8-14;/h2-10,13,18H,11-12H2,1H3;1H. The number of aromatic nitrogens is 1. The minimum atomic E-state index is 0. The molecule has 0 spiro atoms. The van der Waals surface area contributed by atoms with Crippen LogP contribution in [0.1, 0.15) is 0 Å². The summed E-state index contributed by atoms with van der Waals surface area (Å²) >= 11 is 0. The molecular formula is C17H19ClN2. The van der Waals surface area contributed by atoms with Gasteiger partial charge in [0.05, 0.1) is 0 Å². The molecule has 1 heterocycles. The number of fused-ring (bicyclic) bond motifs is 1. The predicted octanol–water partition coefficient (Wildman–Crippen LogP) is 3.95. The highest BCUT2D eigenvalue weighted by Gasteiger charge is 2.09. The van der Waals surface area contributed by atoms with Crippen molar-refractivity contribution in [3.8, 4) is 11.3 Å². The Balaban J connectivity index is 0.00000147. The fraction of sp³-hybridized carbons (Fsp3) is 0.176. The normalized spacial score (nSPS) is 10.4. The largest absolute Gasteiger partial charge is 0.339 e. The van der Waals surface area contributed by atoms with Crippen molar-refractivity contribution in [2.45, 2.75) is 6.54 Å². The third-order valence-corrected chi connectivity index (χ3v) is 3.47. The number of nitrogens with one attached hydrogen (secondary N) is 1. The summed E-state index contributed by atoms with van der Waals surface area (Å²) < 4.78 is 2.39. The number of halogens is 1. The molecule has 0 aliphatic carbocycles. The van der Waals surface area contributed by atoms with Crippen molar-refractivity contribution in [1.29, 1.82) is 0 Å². The van der Waals surface area contributed by atoms with Crippen LogP contribution in [0, 0.1) is 0 Å². The van der Waals surface area contributed by atoms with E-state index < -0.39 is 0 Å². The fourth-order valence-corrected chi connectivity index (χ4v) is 2.52. The van der Waals surface area contributed by atoms with Crippen LogP contribution in [0.3, 0.4) is 0 Å². The van der Waals surface area contributed by atoms with Crippen molar-refractivity contribution >= 4 is 23.3 Å². The van der Waals surface area contributed by atoms with Gasteiger partial charge in [0.2, 0.25) is 0 Å². The molecule has 0 atom stereocenters. The van der Waals surface area contributed by atoms with Crippen LogP contribution in [0.5, 0.6) is 0 Å². The van der Waals surface area contributed by atoms with Gasteiger partial charge in [0, 0.05) is 29.7 Å². The Morgan fingerprint density at radius 1 is 0.950 bits per heavy atom. The summed E-state index contributed by atoms with van der Waals surface area (Å²) in [6.45, 7) is 1.95. The molecule has 0 bridgehead atoms. The molecule has 20 heavy (non-hydrogen) atoms. The highest BCUT2D eigenvalue weighted by molar-refractivity contribution is 5.87. The Morgan fingerprint density at radius 3 is 2.40 bits per heavy atom. The van der Waals surface area contributed by atoms with Crippen molar-refractivity contribution in [2.24, 2.45) is 0 Å². The highest BCUT2D eigenvalue weighted by Crippen LogP contribution is 2.27. The molecule has 1 N–H and O–H groups in total. The number of benzene rings is 2. The van der Waals surface area contributed by atoms with Gasteiger partial charge in [-0.2, -0.15) is 0 Å². The molecule has 0 aliphatic rings. The average molecular weight is 287 g/mol. The summed E-state index contributed by atoms with van der Waals surface area (Å²) in [5.41, 5.74) is 3.86. The Hall–Kier alpha value is -1.77. The van der Waals surface area contributed by atoms with Gasteiger partial charge < -0.3 is 9.88 Å². The third-order valence-electron chi connectivity index (χ3n) is 3.47. The molecular weight excluding hydrogens is 268 g/mol. The summed E-state index contributed by atoms with van der Waals surface area (Å²) in [5.74, 6) is 0. The Kier molecular flexibility index (Phi) is 4.83. The van der Waals surface area contributed by atoms with E-state index in [1.807, 2.05) is 7.05 Å². The molecule has 0 aliphatic heterocycles. The lowest BCUT2D eigenvalue weighted by molar-refractivity contribution is 0.667. The first-order chi connectivity index (χ1) is 9.40. The number of hydrogen-bond acceptors (Lipinski definition) is 1. The van der Waals surface area contributed by atoms with Crippen LogP contribution in [0.15, 0.2) is 60.7 Å². The van der Waals surface area contributed by atoms with Crippen molar-refractivity contribution in [1.82, 2.24) is 9.88 Å². The van der Waals surface area contributed by atoms with Crippen LogP contribution in [0.4, 0.5) is 0 Å². The maximum absolute atomic E-state index is 3.23. The molecule has 1 aromatic heterocycles. The van der Waals surface area contributed by atoms with Gasteiger partial charge in [0.1, 0.15) is 0 Å². The molecule has 0 unspecified atom stereocenters. The SMILES string of the molecule is CNCCn1c(-c2ccccc2)cc2ccccc21.Cl. The van der Waals surface area contributed by atoms with Crippen LogP contribution >= 0.6 is 12.4 Å². The van der Waals surface area contributed by atoms with E-state index in [9.17, 15) is 0 Å². The second-order valence-electron chi connectivity index (χ2n) is 4.71. The fourth-order valence-electron chi connectivity index (χ4n) is 2.52. The van der Waals surface area contributed by atoms with Gasteiger partial charge in [0.25, 0.3) is 0 Å². The highest BCUT2D eigenvalue weighted by atomic mass is 35.5. The van der Waals surface area contributed by atoms with Crippen molar-refractivity contribution in [2.75, 3.05) is 13.6 Å². The van der Waals surface area contributed by atoms with Crippen molar-refractivity contribution in [3.63, 3.8) is 0 Å². The third kappa shape index (κ3) is 2.72. The van der Waals surface area contributed by atoms with Crippen molar-refractivity contribution < 1.29 is 0 Å². The Labute approximate surface area is 125 Å². The van der Waals surface area contributed by atoms with Gasteiger partial charge in [-0.05, 0) is 24.7 Å². The van der Waals surface area contributed by atoms with Crippen LogP contribution in [-0.4, -0.2) is 18.2 Å². The lowest BCUT2D eigenvalue weighted by Crippen LogP contribution is -2.15. The zero-order valence-corrected chi connectivity index (χ0v) is 12.4. The average Bonchev–Trinajstić information content (AvgIpc) is 2.85. The molecule has 0 radical (unpaired) electrons. The second kappa shape index (κ2) is 6.60. The van der Waals surface area contributed by atoms with Crippen molar-refractivity contribution in [3.05, 3.63) is 60.7 Å². The Bertz CT molecular complexity index is 674. The molecule has 0 saturated heterocycles. The number of nitrogens with zero attached hydrogens (tertiary/aromatic N) is 1. The lowest BCUT2D eigenvalue weighted by Gasteiger charge is -2.10. The van der Waals surface area contributed by atoms with Crippen LogP contribution in [-0.2, 0) is 6.54 Å². The van der Waals surface area contributed by atoms with Gasteiger partial charge in [-0.15, -0.1) is 12.4 Å². The molecule has 2 nitrogen and oxygen atoms in total. The number of para-hydroxylation sites is 1. The lowest BCUT2D eigenvalue weighted by atomic mass is 10.1. The van der Waals surface area contributed by atoms with E-state index in [-0.39, 0.29) is 12.4 Å². The zero-order valence-electron chi connectivity index (χ0n) is 11.5. The maximum Gasteiger partial charge on any atom is 0.0491 e. The van der Waals surface area contributed by atoms with E-state index in [0.29, 0.717) is 0 Å². The summed E-state index contributed by atoms with van der Waals surface area (Å²) in [6.07, 6.45) is 0. The van der Waals surface area contributed by atoms with Gasteiger partial charge >= 0.3 is 0 Å². The van der Waals surface area contributed by atoms with Crippen LogP contribution < -0.4 is 5.32 Å². The number of hydrogen-bond donors (Lipinski definition) is 1. The van der Waals surface area contributed by atoms with E-state index in [4.69, 9.17) is 0 Å². The van der Waals surface area contributed by atoms with E-state index in [0.717, 1.165) is 13.1 Å². The monoisotopic (exact) mass is 286 g/mol. The summed E-state index contributed by atoms with van der Waals surface area (Å²) in [6, 6.07) is 21.4. The minimum Gasteiger partial charge on any atom is -0.339 e. The smallest absolute Gasteiger partial charge is 0.0491 e. The number of likely N-dealkylation sites (N-methyl/N-ethyl adjacent to an activating group) is 1. The topological polar surface area (TPSA) is 17.0 Å². The van der Waals surface area contributed by atoms with E-state index in [1.165, 1.54) is 22.2 Å². The molecule has 0 saturated carbocycles. The van der Waals surface area contributed by atoms with E-state index >= 15 is 0 Å². The molecule has 0 fully saturated rings. The maximum atomic E-state index is 3.23. The first-order valence-electron chi connectivity index (χ1n) is 6.68. The van der Waals surface area contributed by atoms with Gasteiger partial charge in [-0.25, -0.2) is 0 Å². The molecule has 0 amide bonds. The van der Waals surface area contributed by atoms with Gasteiger partial charge in [-0.3, -0.25) is 0 Å². The number of rotatable bonds is 4. The molecule has 3 aromatic rings. The second-order valence-corrected chi connectivity index (χ2v) is 4.71. The molecule has 3 rings (SSSR count). The predicted molar refractivity (Wildman–Crippen MR) is 88.5 cm³/mol. The summed E-state index contributed by atoms with van der Waals surface area (Å²) in [5, 5.41) is 4.53. The summed E-state index contributed by atoms with van der Waals surface area (Å²) in [4.78, 5) is 0. The van der Waals surface area contributed by atoms with Gasteiger partial charge in [-0.1, -0.05) is 48.5 Å². The molecule has 3 heteroatoms. The van der Waals surface area contributed by atoms with Crippen LogP contribution in [0.2, 0.25) is 0 Å². The first kappa shape index (κ1) is 14.6. The summed E-state index contributed by atoms with van der Waals surface area (Å²) in [7, 11) is 1.99. The van der Waals surface area contributed by atoms with E-state index in [1.54, 1.807) is 0 Å². The van der Waals surface area contributed by atoms with Gasteiger partial charge in [0.15, 0.2) is 0 Å². The Morgan fingerprint density at radius 2 is 1.65 bits per heavy atom. The molecule has 104 valence electrons. The molecule has 2 aromatic carbocycles. The first-order valence-corrected chi connectivity index (χ1v) is 6.68. The van der Waals surface area contributed by atoms with E-state index in [2.05, 4.69) is 70.5 Å². The zero-order chi connectivity index (χ0) is 13.1. The minimum absolute atomic E-state index is 0.